The zero-order chi connectivity index (χ0) is 15.0. The number of rotatable bonds is 4. The number of carbonyl (C=O) groups excluding carboxylic acids is 2. The number of likely N-dealkylation sites (N-methyl/N-ethyl adjacent to an activating group) is 1. The van der Waals surface area contributed by atoms with Crippen LogP contribution in [0.5, 0.6) is 0 Å². The fourth-order valence-electron chi connectivity index (χ4n) is 2.56. The second kappa shape index (κ2) is 5.27. The number of hydrogen-bond acceptors (Lipinski definition) is 4. The van der Waals surface area contributed by atoms with Gasteiger partial charge in [-0.2, -0.15) is 0 Å². The van der Waals surface area contributed by atoms with Crippen LogP contribution in [0, 0.1) is 0 Å². The maximum absolute atomic E-state index is 11.9. The van der Waals surface area contributed by atoms with E-state index in [2.05, 4.69) is 10.6 Å². The first kappa shape index (κ1) is 13.7. The Morgan fingerprint density at radius 2 is 2.19 bits per heavy atom. The van der Waals surface area contributed by atoms with E-state index < -0.39 is 0 Å². The van der Waals surface area contributed by atoms with Gasteiger partial charge in [0.1, 0.15) is 0 Å². The molecule has 4 N–H and O–H groups in total. The van der Waals surface area contributed by atoms with Crippen molar-refractivity contribution < 1.29 is 9.59 Å². The van der Waals surface area contributed by atoms with Gasteiger partial charge in [-0.25, -0.2) is 0 Å². The molecule has 2 aliphatic rings. The monoisotopic (exact) mass is 288 g/mol. The summed E-state index contributed by atoms with van der Waals surface area (Å²) in [5.41, 5.74) is 9.30. The van der Waals surface area contributed by atoms with Crippen molar-refractivity contribution in [3.05, 3.63) is 17.7 Å². The van der Waals surface area contributed by atoms with E-state index in [1.54, 1.807) is 6.07 Å². The molecule has 0 atom stereocenters. The summed E-state index contributed by atoms with van der Waals surface area (Å²) in [5.74, 6) is 0.0391. The van der Waals surface area contributed by atoms with Gasteiger partial charge in [0.2, 0.25) is 11.8 Å². The Labute approximate surface area is 123 Å². The predicted octanol–water partition coefficient (Wildman–Crippen LogP) is 0.868. The van der Waals surface area contributed by atoms with E-state index in [4.69, 9.17) is 5.73 Å². The number of fused-ring (bicyclic) bond motifs is 1. The van der Waals surface area contributed by atoms with Gasteiger partial charge in [-0.1, -0.05) is 0 Å². The van der Waals surface area contributed by atoms with E-state index in [1.807, 2.05) is 18.0 Å². The Morgan fingerprint density at radius 3 is 2.90 bits per heavy atom. The second-order valence-corrected chi connectivity index (χ2v) is 5.81. The number of hydrogen-bond donors (Lipinski definition) is 3. The maximum atomic E-state index is 11.9. The zero-order valence-electron chi connectivity index (χ0n) is 12.1. The second-order valence-electron chi connectivity index (χ2n) is 5.81. The highest BCUT2D eigenvalue weighted by Gasteiger charge is 2.24. The smallest absolute Gasteiger partial charge is 0.239 e. The van der Waals surface area contributed by atoms with Gasteiger partial charge in [0.15, 0.2) is 0 Å². The standard InChI is InChI=1S/C15H20N4O2/c1-19(8-15(21)17-10-3-4-10)13-6-9-2-5-14(20)18-12(9)7-11(13)16/h6-7,10H,2-5,8,16H2,1H3,(H,17,21)(H,18,20). The van der Waals surface area contributed by atoms with Crippen LogP contribution < -0.4 is 21.3 Å². The van der Waals surface area contributed by atoms with E-state index in [-0.39, 0.29) is 18.4 Å². The summed E-state index contributed by atoms with van der Waals surface area (Å²) in [6, 6.07) is 4.10. The number of carbonyl (C=O) groups is 2. The lowest BCUT2D eigenvalue weighted by atomic mass is 10.0. The summed E-state index contributed by atoms with van der Waals surface area (Å²) in [7, 11) is 1.85. The number of nitrogens with zero attached hydrogens (tertiary/aromatic N) is 1. The summed E-state index contributed by atoms with van der Waals surface area (Å²) < 4.78 is 0. The van der Waals surface area contributed by atoms with Crippen LogP contribution >= 0.6 is 0 Å². The lowest BCUT2D eigenvalue weighted by Crippen LogP contribution is -2.36. The van der Waals surface area contributed by atoms with Crippen molar-refractivity contribution in [2.45, 2.75) is 31.7 Å². The van der Waals surface area contributed by atoms with Crippen molar-refractivity contribution in [2.75, 3.05) is 29.5 Å². The minimum Gasteiger partial charge on any atom is -0.397 e. The molecule has 0 saturated heterocycles. The molecule has 1 aromatic rings. The van der Waals surface area contributed by atoms with Crippen LogP contribution in [0.4, 0.5) is 17.1 Å². The average Bonchev–Trinajstić information content (AvgIpc) is 3.21. The van der Waals surface area contributed by atoms with E-state index in [9.17, 15) is 9.59 Å². The number of aryl methyl sites for hydroxylation is 1. The zero-order valence-corrected chi connectivity index (χ0v) is 12.1. The summed E-state index contributed by atoms with van der Waals surface area (Å²) >= 11 is 0. The molecule has 0 unspecified atom stereocenters. The molecule has 1 saturated carbocycles. The molecular weight excluding hydrogens is 268 g/mol. The number of nitrogen functional groups attached to an aromatic ring is 1. The highest BCUT2D eigenvalue weighted by atomic mass is 16.2. The molecule has 1 aliphatic heterocycles. The minimum absolute atomic E-state index is 0.0189. The van der Waals surface area contributed by atoms with E-state index in [0.29, 0.717) is 24.6 Å². The molecule has 3 rings (SSSR count). The maximum Gasteiger partial charge on any atom is 0.239 e. The van der Waals surface area contributed by atoms with Crippen molar-refractivity contribution in [1.29, 1.82) is 0 Å². The normalized spacial score (nSPS) is 16.9. The molecule has 1 fully saturated rings. The molecule has 0 spiro atoms. The van der Waals surface area contributed by atoms with Crippen molar-refractivity contribution in [2.24, 2.45) is 0 Å². The van der Waals surface area contributed by atoms with E-state index in [0.717, 1.165) is 29.8 Å². The summed E-state index contributed by atoms with van der Waals surface area (Å²) in [6.45, 7) is 0.284. The fraction of sp³-hybridized carbons (Fsp3) is 0.467. The van der Waals surface area contributed by atoms with Gasteiger partial charge in [0, 0.05) is 25.2 Å². The largest absolute Gasteiger partial charge is 0.397 e. The van der Waals surface area contributed by atoms with Crippen LogP contribution in [-0.2, 0) is 16.0 Å². The molecule has 1 aromatic carbocycles. The molecular formula is C15H20N4O2. The Morgan fingerprint density at radius 1 is 1.43 bits per heavy atom. The molecule has 0 aromatic heterocycles. The van der Waals surface area contributed by atoms with Crippen LogP contribution in [0.25, 0.3) is 0 Å². The quantitative estimate of drug-likeness (QED) is 0.717. The Bertz CT molecular complexity index is 596. The molecule has 1 aliphatic carbocycles. The average molecular weight is 288 g/mol. The lowest BCUT2D eigenvalue weighted by Gasteiger charge is -2.24. The number of benzene rings is 1. The Kier molecular flexibility index (Phi) is 3.45. The van der Waals surface area contributed by atoms with Gasteiger partial charge in [-0.05, 0) is 37.0 Å². The van der Waals surface area contributed by atoms with Gasteiger partial charge in [0.25, 0.3) is 0 Å². The molecule has 6 nitrogen and oxygen atoms in total. The van der Waals surface area contributed by atoms with Crippen molar-refractivity contribution >= 4 is 28.9 Å². The highest BCUT2D eigenvalue weighted by molar-refractivity contribution is 5.96. The van der Waals surface area contributed by atoms with Crippen molar-refractivity contribution in [3.8, 4) is 0 Å². The lowest BCUT2D eigenvalue weighted by molar-refractivity contribution is -0.120. The fourth-order valence-corrected chi connectivity index (χ4v) is 2.56. The van der Waals surface area contributed by atoms with Crippen molar-refractivity contribution in [3.63, 3.8) is 0 Å². The minimum atomic E-state index is 0.0189. The van der Waals surface area contributed by atoms with Crippen LogP contribution in [-0.4, -0.2) is 31.4 Å². The molecule has 0 bridgehead atoms. The van der Waals surface area contributed by atoms with Crippen LogP contribution in [0.1, 0.15) is 24.8 Å². The van der Waals surface area contributed by atoms with Gasteiger partial charge in [-0.15, -0.1) is 0 Å². The summed E-state index contributed by atoms with van der Waals surface area (Å²) in [6.07, 6.45) is 3.35. The third-order valence-corrected chi connectivity index (χ3v) is 3.88. The SMILES string of the molecule is CN(CC(=O)NC1CC1)c1cc2c(cc1N)NC(=O)CC2. The van der Waals surface area contributed by atoms with Crippen LogP contribution in [0.2, 0.25) is 0 Å². The number of anilines is 3. The first-order valence-electron chi connectivity index (χ1n) is 7.25. The Balaban J connectivity index is 1.74. The van der Waals surface area contributed by atoms with Crippen molar-refractivity contribution in [1.82, 2.24) is 5.32 Å². The van der Waals surface area contributed by atoms with Gasteiger partial charge < -0.3 is 21.3 Å². The van der Waals surface area contributed by atoms with Gasteiger partial charge in [0.05, 0.1) is 17.9 Å². The molecule has 2 amide bonds. The molecule has 6 heteroatoms. The molecule has 21 heavy (non-hydrogen) atoms. The summed E-state index contributed by atoms with van der Waals surface area (Å²) in [5, 5.41) is 5.79. The molecule has 1 heterocycles. The topological polar surface area (TPSA) is 87.5 Å². The first-order valence-corrected chi connectivity index (χ1v) is 7.25. The highest BCUT2D eigenvalue weighted by Crippen LogP contribution is 2.32. The van der Waals surface area contributed by atoms with Crippen LogP contribution in [0.3, 0.4) is 0 Å². The van der Waals surface area contributed by atoms with Gasteiger partial charge in [-0.3, -0.25) is 9.59 Å². The molecule has 112 valence electrons. The summed E-state index contributed by atoms with van der Waals surface area (Å²) in [4.78, 5) is 25.1. The predicted molar refractivity (Wildman–Crippen MR) is 82.2 cm³/mol. The van der Waals surface area contributed by atoms with Crippen LogP contribution in [0.15, 0.2) is 12.1 Å². The number of nitrogens with two attached hydrogens (primary N) is 1. The first-order chi connectivity index (χ1) is 10.0. The van der Waals surface area contributed by atoms with Gasteiger partial charge >= 0.3 is 0 Å². The van der Waals surface area contributed by atoms with E-state index in [1.165, 1.54) is 0 Å². The molecule has 0 radical (unpaired) electrons. The van der Waals surface area contributed by atoms with E-state index >= 15 is 0 Å². The Hall–Kier alpha value is -2.24. The number of amides is 2. The third-order valence-electron chi connectivity index (χ3n) is 3.88. The third kappa shape index (κ3) is 3.09. The number of nitrogens with one attached hydrogen (secondary N) is 2.